The summed E-state index contributed by atoms with van der Waals surface area (Å²) in [6.07, 6.45) is 7.55. The Morgan fingerprint density at radius 3 is 1.77 bits per heavy atom. The number of hydrogen-bond acceptors (Lipinski definition) is 10. The summed E-state index contributed by atoms with van der Waals surface area (Å²) in [4.78, 5) is 12.7. The number of morpholine rings is 1. The Hall–Kier alpha value is -4.79. The quantitative estimate of drug-likeness (QED) is 0.320. The molecular weight excluding hydrogens is 567 g/mol. The first-order chi connectivity index (χ1) is 21.0. The van der Waals surface area contributed by atoms with Crippen molar-refractivity contribution in [3.05, 3.63) is 89.8 Å². The minimum absolute atomic E-state index is 0.108. The number of rotatable bonds is 7. The van der Waals surface area contributed by atoms with Crippen LogP contribution in [-0.4, -0.2) is 79.9 Å². The van der Waals surface area contributed by atoms with Crippen LogP contribution in [0.1, 0.15) is 24.0 Å². The normalized spacial score (nSPS) is 19.7. The summed E-state index contributed by atoms with van der Waals surface area (Å²) >= 11 is 0. The molecule has 0 aliphatic carbocycles. The van der Waals surface area contributed by atoms with E-state index in [0.29, 0.717) is 69.2 Å². The molecule has 2 aromatic carbocycles. The van der Waals surface area contributed by atoms with Crippen LogP contribution >= 0.6 is 0 Å². The van der Waals surface area contributed by atoms with E-state index in [1.165, 1.54) is 12.1 Å². The van der Waals surface area contributed by atoms with Gasteiger partial charge in [-0.05, 0) is 30.3 Å². The van der Waals surface area contributed by atoms with E-state index in [9.17, 15) is 13.2 Å². The Morgan fingerprint density at radius 1 is 0.698 bits per heavy atom. The van der Waals surface area contributed by atoms with Crippen molar-refractivity contribution in [2.24, 2.45) is 10.3 Å². The van der Waals surface area contributed by atoms with Crippen molar-refractivity contribution in [3.63, 3.8) is 0 Å². The maximum absolute atomic E-state index is 14.5. The molecule has 2 atom stereocenters. The molecule has 2 aromatic heterocycles. The second-order valence-electron chi connectivity index (χ2n) is 10.1. The van der Waals surface area contributed by atoms with Gasteiger partial charge in [-0.25, -0.2) is 22.5 Å². The number of oxime groups is 2. The Bertz CT molecular complexity index is 1580. The molecular formula is C28H28F3N9O3. The Labute approximate surface area is 244 Å². The summed E-state index contributed by atoms with van der Waals surface area (Å²) in [5.74, 6) is -2.00. The Balaban J connectivity index is 0.000000157. The first kappa shape index (κ1) is 28.3. The molecule has 2 unspecified atom stereocenters. The highest BCUT2D eigenvalue weighted by molar-refractivity contribution is 6.02. The van der Waals surface area contributed by atoms with Crippen molar-refractivity contribution in [2.75, 3.05) is 31.2 Å². The van der Waals surface area contributed by atoms with E-state index in [2.05, 4.69) is 30.9 Å². The zero-order chi connectivity index (χ0) is 29.6. The SMILES string of the molecule is Fc1cc(C2=NOC(Cn3ccnn3)C2)ccc1N1CCOCC1.Fc1ccc(C2=NOC(Cn3ccnn3)C2)cc1F. The number of benzene rings is 2. The third kappa shape index (κ3) is 6.99. The van der Waals surface area contributed by atoms with E-state index in [-0.39, 0.29) is 18.0 Å². The molecule has 15 heteroatoms. The summed E-state index contributed by atoms with van der Waals surface area (Å²) in [6, 6.07) is 8.92. The fourth-order valence-electron chi connectivity index (χ4n) is 4.89. The molecule has 7 rings (SSSR count). The third-order valence-corrected chi connectivity index (χ3v) is 7.08. The molecule has 3 aliphatic heterocycles. The van der Waals surface area contributed by atoms with Gasteiger partial charge in [-0.15, -0.1) is 10.2 Å². The predicted molar refractivity (Wildman–Crippen MR) is 148 cm³/mol. The molecule has 0 N–H and O–H groups in total. The van der Waals surface area contributed by atoms with E-state index >= 15 is 0 Å². The predicted octanol–water partition coefficient (Wildman–Crippen LogP) is 3.20. The first-order valence-electron chi connectivity index (χ1n) is 13.7. The average molecular weight is 596 g/mol. The van der Waals surface area contributed by atoms with E-state index in [4.69, 9.17) is 14.4 Å². The molecule has 43 heavy (non-hydrogen) atoms. The molecule has 4 aromatic rings. The third-order valence-electron chi connectivity index (χ3n) is 7.08. The molecule has 5 heterocycles. The highest BCUT2D eigenvalue weighted by atomic mass is 19.2. The lowest BCUT2D eigenvalue weighted by molar-refractivity contribution is 0.0692. The van der Waals surface area contributed by atoms with E-state index in [1.807, 2.05) is 17.0 Å². The lowest BCUT2D eigenvalue weighted by Gasteiger charge is -2.29. The van der Waals surface area contributed by atoms with E-state index < -0.39 is 11.6 Å². The summed E-state index contributed by atoms with van der Waals surface area (Å²) in [5.41, 5.74) is 3.25. The number of ether oxygens (including phenoxy) is 1. The van der Waals surface area contributed by atoms with Gasteiger partial charge in [0.2, 0.25) is 0 Å². The Kier molecular flexibility index (Phi) is 8.58. The number of anilines is 1. The van der Waals surface area contributed by atoms with Crippen LogP contribution in [0.15, 0.2) is 71.5 Å². The summed E-state index contributed by atoms with van der Waals surface area (Å²) in [6.45, 7) is 3.76. The van der Waals surface area contributed by atoms with Crippen LogP contribution in [0.4, 0.5) is 18.9 Å². The molecule has 0 bridgehead atoms. The fraction of sp³-hybridized carbons (Fsp3) is 0.357. The summed E-state index contributed by atoms with van der Waals surface area (Å²) in [5, 5.41) is 23.2. The van der Waals surface area contributed by atoms with Gasteiger partial charge in [0.1, 0.15) is 5.82 Å². The topological polar surface area (TPSA) is 117 Å². The van der Waals surface area contributed by atoms with Crippen LogP contribution in [0, 0.1) is 17.5 Å². The molecule has 0 amide bonds. The fourth-order valence-corrected chi connectivity index (χ4v) is 4.89. The molecule has 0 spiro atoms. The van der Waals surface area contributed by atoms with E-state index in [0.717, 1.165) is 23.4 Å². The van der Waals surface area contributed by atoms with Crippen molar-refractivity contribution in [3.8, 4) is 0 Å². The highest BCUT2D eigenvalue weighted by Crippen LogP contribution is 2.25. The van der Waals surface area contributed by atoms with Crippen LogP contribution in [0.25, 0.3) is 0 Å². The standard InChI is InChI=1S/C16H18FN5O2.C12H10F2N4O/c17-14-9-12(1-2-16(14)21-5-7-23-8-6-21)15-10-13(24-19-15)11-22-4-3-18-20-22;13-10-2-1-8(5-11(10)14)12-6-9(19-16-12)7-18-4-3-15-17-18/h1-4,9,13H,5-8,10-11H2;1-5,9H,6-7H2. The van der Waals surface area contributed by atoms with E-state index in [1.54, 1.807) is 34.2 Å². The lowest BCUT2D eigenvalue weighted by Crippen LogP contribution is -2.36. The molecule has 0 saturated carbocycles. The minimum atomic E-state index is -0.889. The van der Waals surface area contributed by atoms with Gasteiger partial charge in [-0.3, -0.25) is 0 Å². The van der Waals surface area contributed by atoms with Crippen molar-refractivity contribution in [1.82, 2.24) is 30.0 Å². The van der Waals surface area contributed by atoms with Crippen molar-refractivity contribution in [2.45, 2.75) is 38.1 Å². The maximum Gasteiger partial charge on any atom is 0.159 e. The molecule has 1 fully saturated rings. The number of nitrogens with zero attached hydrogens (tertiary/aromatic N) is 9. The van der Waals surface area contributed by atoms with Crippen molar-refractivity contribution in [1.29, 1.82) is 0 Å². The average Bonchev–Trinajstić information content (AvgIpc) is 3.85. The zero-order valence-electron chi connectivity index (χ0n) is 23.0. The molecule has 224 valence electrons. The number of aromatic nitrogens is 6. The first-order valence-corrected chi connectivity index (χ1v) is 13.7. The zero-order valence-corrected chi connectivity index (χ0v) is 23.0. The monoisotopic (exact) mass is 595 g/mol. The number of halogens is 3. The van der Waals surface area contributed by atoms with Crippen LogP contribution in [0.5, 0.6) is 0 Å². The van der Waals surface area contributed by atoms with Gasteiger partial charge in [-0.2, -0.15) is 0 Å². The van der Waals surface area contributed by atoms with Crippen molar-refractivity contribution >= 4 is 17.1 Å². The molecule has 12 nitrogen and oxygen atoms in total. The second-order valence-corrected chi connectivity index (χ2v) is 10.1. The molecule has 1 saturated heterocycles. The molecule has 0 radical (unpaired) electrons. The molecule has 3 aliphatic rings. The second kappa shape index (κ2) is 13.0. The van der Waals surface area contributed by atoms with Crippen LogP contribution in [0.2, 0.25) is 0 Å². The van der Waals surface area contributed by atoms with Gasteiger partial charge in [0.05, 0.1) is 55.8 Å². The van der Waals surface area contributed by atoms with Crippen LogP contribution in [-0.2, 0) is 27.5 Å². The van der Waals surface area contributed by atoms with Gasteiger partial charge in [0.15, 0.2) is 23.8 Å². The smallest absolute Gasteiger partial charge is 0.159 e. The highest BCUT2D eigenvalue weighted by Gasteiger charge is 2.25. The van der Waals surface area contributed by atoms with Crippen LogP contribution < -0.4 is 4.90 Å². The van der Waals surface area contributed by atoms with Gasteiger partial charge in [-0.1, -0.05) is 26.8 Å². The summed E-state index contributed by atoms with van der Waals surface area (Å²) in [7, 11) is 0. The lowest BCUT2D eigenvalue weighted by atomic mass is 10.0. The maximum atomic E-state index is 14.5. The summed E-state index contributed by atoms with van der Waals surface area (Å²) < 4.78 is 49.1. The van der Waals surface area contributed by atoms with Crippen LogP contribution in [0.3, 0.4) is 0 Å². The van der Waals surface area contributed by atoms with Gasteiger partial charge >= 0.3 is 0 Å². The van der Waals surface area contributed by atoms with Crippen molar-refractivity contribution < 1.29 is 27.6 Å². The van der Waals surface area contributed by atoms with Gasteiger partial charge < -0.3 is 19.3 Å². The largest absolute Gasteiger partial charge is 0.390 e. The number of hydrogen-bond donors (Lipinski definition) is 0. The Morgan fingerprint density at radius 2 is 1.26 bits per heavy atom. The minimum Gasteiger partial charge on any atom is -0.390 e. The van der Waals surface area contributed by atoms with Gasteiger partial charge in [0, 0.05) is 49.5 Å². The van der Waals surface area contributed by atoms with Gasteiger partial charge in [0.25, 0.3) is 0 Å².